The van der Waals surface area contributed by atoms with E-state index in [0.717, 1.165) is 5.56 Å². The molecule has 0 fully saturated rings. The number of benzene rings is 1. The van der Waals surface area contributed by atoms with Gasteiger partial charge in [0.1, 0.15) is 6.07 Å². The summed E-state index contributed by atoms with van der Waals surface area (Å²) in [4.78, 5) is 0. The fourth-order valence-electron chi connectivity index (χ4n) is 1.13. The van der Waals surface area contributed by atoms with E-state index in [1.165, 1.54) is 7.11 Å². The third-order valence-corrected chi connectivity index (χ3v) is 1.90. The molecule has 15 heavy (non-hydrogen) atoms. The molecule has 0 bridgehead atoms. The smallest absolute Gasteiger partial charge is 0.181 e. The predicted molar refractivity (Wildman–Crippen MR) is 54.6 cm³/mol. The van der Waals surface area contributed by atoms with E-state index in [0.29, 0.717) is 11.5 Å². The van der Waals surface area contributed by atoms with Crippen LogP contribution in [0.2, 0.25) is 0 Å². The summed E-state index contributed by atoms with van der Waals surface area (Å²) >= 11 is 0. The Morgan fingerprint density at radius 3 is 2.73 bits per heavy atom. The van der Waals surface area contributed by atoms with E-state index < -0.39 is 6.10 Å². The number of hydrogen-bond acceptors (Lipinski definition) is 4. The van der Waals surface area contributed by atoms with Crippen LogP contribution in [-0.4, -0.2) is 18.3 Å². The first-order chi connectivity index (χ1) is 7.21. The van der Waals surface area contributed by atoms with Gasteiger partial charge in [0.2, 0.25) is 0 Å². The summed E-state index contributed by atoms with van der Waals surface area (Å²) in [5, 5.41) is 17.6. The number of nitrogens with zero attached hydrogens (tertiary/aromatic N) is 1. The lowest BCUT2D eigenvalue weighted by atomic mass is 10.2. The maximum atomic E-state index is 8.96. The normalized spacial score (nSPS) is 11.6. The van der Waals surface area contributed by atoms with Crippen molar-refractivity contribution in [2.75, 3.05) is 7.11 Å². The van der Waals surface area contributed by atoms with Crippen LogP contribution in [0, 0.1) is 11.3 Å². The van der Waals surface area contributed by atoms with Gasteiger partial charge in [-0.25, -0.2) is 0 Å². The van der Waals surface area contributed by atoms with E-state index in [1.54, 1.807) is 25.1 Å². The second kappa shape index (κ2) is 5.23. The number of aliphatic hydroxyl groups is 1. The fraction of sp³-hybridized carbons (Fsp3) is 0.364. The van der Waals surface area contributed by atoms with Gasteiger partial charge in [0.05, 0.1) is 13.7 Å². The van der Waals surface area contributed by atoms with Crippen molar-refractivity contribution in [3.63, 3.8) is 0 Å². The molecule has 0 aliphatic heterocycles. The molecule has 0 heterocycles. The van der Waals surface area contributed by atoms with Crippen molar-refractivity contribution in [3.8, 4) is 17.6 Å². The highest BCUT2D eigenvalue weighted by Gasteiger charge is 2.08. The van der Waals surface area contributed by atoms with Gasteiger partial charge < -0.3 is 14.6 Å². The minimum absolute atomic E-state index is 0.0682. The zero-order chi connectivity index (χ0) is 11.3. The number of rotatable bonds is 4. The van der Waals surface area contributed by atoms with E-state index in [2.05, 4.69) is 0 Å². The van der Waals surface area contributed by atoms with Crippen molar-refractivity contribution in [3.05, 3.63) is 23.8 Å². The third kappa shape index (κ3) is 2.86. The highest BCUT2D eigenvalue weighted by Crippen LogP contribution is 2.28. The van der Waals surface area contributed by atoms with E-state index in [9.17, 15) is 0 Å². The van der Waals surface area contributed by atoms with Crippen LogP contribution in [0.25, 0.3) is 0 Å². The third-order valence-electron chi connectivity index (χ3n) is 1.90. The fourth-order valence-corrected chi connectivity index (χ4v) is 1.13. The van der Waals surface area contributed by atoms with Gasteiger partial charge in [0, 0.05) is 0 Å². The molecule has 0 radical (unpaired) electrons. The van der Waals surface area contributed by atoms with Gasteiger partial charge in [0.25, 0.3) is 0 Å². The van der Waals surface area contributed by atoms with Crippen LogP contribution in [0.1, 0.15) is 12.5 Å². The zero-order valence-electron chi connectivity index (χ0n) is 8.73. The molecule has 4 nitrogen and oxygen atoms in total. The molecule has 1 unspecified atom stereocenters. The monoisotopic (exact) mass is 207 g/mol. The summed E-state index contributed by atoms with van der Waals surface area (Å²) in [5.74, 6) is 1.02. The molecule has 1 N–H and O–H groups in total. The van der Waals surface area contributed by atoms with Gasteiger partial charge in [0.15, 0.2) is 17.6 Å². The Kier molecular flexibility index (Phi) is 3.95. The Bertz CT molecular complexity index is 371. The highest BCUT2D eigenvalue weighted by atomic mass is 16.5. The number of methoxy groups -OCH3 is 1. The predicted octanol–water partition coefficient (Wildman–Crippen LogP) is 1.48. The van der Waals surface area contributed by atoms with Crippen molar-refractivity contribution in [2.45, 2.75) is 19.6 Å². The molecule has 0 spiro atoms. The molecular weight excluding hydrogens is 194 g/mol. The summed E-state index contributed by atoms with van der Waals surface area (Å²) in [6, 6.07) is 7.06. The number of hydrogen-bond donors (Lipinski definition) is 1. The lowest BCUT2D eigenvalue weighted by Crippen LogP contribution is -2.09. The molecule has 1 atom stereocenters. The summed E-state index contributed by atoms with van der Waals surface area (Å²) in [7, 11) is 1.53. The molecule has 1 aromatic carbocycles. The van der Waals surface area contributed by atoms with Crippen molar-refractivity contribution < 1.29 is 14.6 Å². The maximum absolute atomic E-state index is 8.96. The summed E-state index contributed by atoms with van der Waals surface area (Å²) in [5.41, 5.74) is 0.718. The Labute approximate surface area is 88.7 Å². The van der Waals surface area contributed by atoms with Crippen LogP contribution in [-0.2, 0) is 6.61 Å². The molecule has 0 aromatic heterocycles. The van der Waals surface area contributed by atoms with Crippen LogP contribution in [0.4, 0.5) is 0 Å². The van der Waals surface area contributed by atoms with Gasteiger partial charge in [-0.3, -0.25) is 0 Å². The number of ether oxygens (including phenoxy) is 2. The molecule has 0 saturated heterocycles. The molecule has 0 aliphatic rings. The van der Waals surface area contributed by atoms with Gasteiger partial charge in [-0.1, -0.05) is 6.07 Å². The van der Waals surface area contributed by atoms with Crippen LogP contribution >= 0.6 is 0 Å². The lowest BCUT2D eigenvalue weighted by Gasteiger charge is -2.12. The Hall–Kier alpha value is -1.73. The van der Waals surface area contributed by atoms with E-state index in [-0.39, 0.29) is 6.61 Å². The van der Waals surface area contributed by atoms with E-state index >= 15 is 0 Å². The van der Waals surface area contributed by atoms with Gasteiger partial charge in [-0.2, -0.15) is 5.26 Å². The van der Waals surface area contributed by atoms with Gasteiger partial charge in [-0.15, -0.1) is 0 Å². The summed E-state index contributed by atoms with van der Waals surface area (Å²) < 4.78 is 10.4. The van der Waals surface area contributed by atoms with Crippen LogP contribution in [0.5, 0.6) is 11.5 Å². The van der Waals surface area contributed by atoms with Crippen molar-refractivity contribution >= 4 is 0 Å². The minimum Gasteiger partial charge on any atom is -0.493 e. The van der Waals surface area contributed by atoms with Crippen molar-refractivity contribution in [2.24, 2.45) is 0 Å². The second-order valence-electron chi connectivity index (χ2n) is 3.03. The molecule has 80 valence electrons. The van der Waals surface area contributed by atoms with Crippen molar-refractivity contribution in [1.82, 2.24) is 0 Å². The summed E-state index contributed by atoms with van der Waals surface area (Å²) in [6.07, 6.45) is -0.548. The first-order valence-electron chi connectivity index (χ1n) is 4.55. The quantitative estimate of drug-likeness (QED) is 0.812. The first kappa shape index (κ1) is 11.3. The van der Waals surface area contributed by atoms with Crippen molar-refractivity contribution in [1.29, 1.82) is 5.26 Å². The largest absolute Gasteiger partial charge is 0.493 e. The molecule has 0 saturated carbocycles. The standard InChI is InChI=1S/C11H13NO3/c1-8(6-12)15-11-5-9(7-13)3-4-10(11)14-2/h3-5,8,13H,7H2,1-2H3. The van der Waals surface area contributed by atoms with E-state index in [4.69, 9.17) is 19.8 Å². The molecule has 1 aromatic rings. The molecule has 0 amide bonds. The second-order valence-corrected chi connectivity index (χ2v) is 3.03. The number of nitriles is 1. The van der Waals surface area contributed by atoms with Crippen LogP contribution in [0.3, 0.4) is 0 Å². The lowest BCUT2D eigenvalue weighted by molar-refractivity contribution is 0.255. The number of aliphatic hydroxyl groups excluding tert-OH is 1. The Morgan fingerprint density at radius 2 is 2.20 bits per heavy atom. The van der Waals surface area contributed by atoms with Crippen LogP contribution in [0.15, 0.2) is 18.2 Å². The van der Waals surface area contributed by atoms with Gasteiger partial charge >= 0.3 is 0 Å². The topological polar surface area (TPSA) is 62.5 Å². The average Bonchev–Trinajstić information content (AvgIpc) is 2.28. The minimum atomic E-state index is -0.548. The highest BCUT2D eigenvalue weighted by molar-refractivity contribution is 5.43. The molecule has 0 aliphatic carbocycles. The molecule has 1 rings (SSSR count). The summed E-state index contributed by atoms with van der Waals surface area (Å²) in [6.45, 7) is 1.58. The molecular formula is C11H13NO3. The average molecular weight is 207 g/mol. The van der Waals surface area contributed by atoms with E-state index in [1.807, 2.05) is 6.07 Å². The zero-order valence-corrected chi connectivity index (χ0v) is 8.73. The Morgan fingerprint density at radius 1 is 1.47 bits per heavy atom. The maximum Gasteiger partial charge on any atom is 0.181 e. The first-order valence-corrected chi connectivity index (χ1v) is 4.55. The Balaban J connectivity index is 2.97. The SMILES string of the molecule is COc1ccc(CO)cc1OC(C)C#N. The van der Waals surface area contributed by atoms with Gasteiger partial charge in [-0.05, 0) is 24.6 Å². The molecule has 4 heteroatoms. The van der Waals surface area contributed by atoms with Crippen LogP contribution < -0.4 is 9.47 Å².